The molecule has 3 aromatic carbocycles. The molecule has 0 unspecified atom stereocenters. The Morgan fingerprint density at radius 1 is 0.815 bits per heavy atom. The lowest BCUT2D eigenvalue weighted by Crippen LogP contribution is -2.16. The Labute approximate surface area is 160 Å². The highest BCUT2D eigenvalue weighted by atomic mass is 16.5. The van der Waals surface area contributed by atoms with Crippen molar-refractivity contribution < 1.29 is 4.74 Å². The van der Waals surface area contributed by atoms with Crippen molar-refractivity contribution in [2.45, 2.75) is 19.6 Å². The van der Waals surface area contributed by atoms with Crippen molar-refractivity contribution in [2.24, 2.45) is 0 Å². The molecule has 0 saturated heterocycles. The number of ether oxygens (including phenoxy) is 1. The molecule has 0 aliphatic carbocycles. The zero-order valence-corrected chi connectivity index (χ0v) is 15.3. The van der Waals surface area contributed by atoms with E-state index in [1.165, 1.54) is 27.6 Å². The van der Waals surface area contributed by atoms with E-state index in [-0.39, 0.29) is 0 Å². The minimum absolute atomic E-state index is 0.596. The number of rotatable bonds is 8. The molecule has 3 heteroatoms. The molecule has 4 rings (SSSR count). The second-order valence-corrected chi connectivity index (χ2v) is 6.71. The van der Waals surface area contributed by atoms with E-state index in [2.05, 4.69) is 71.1 Å². The van der Waals surface area contributed by atoms with Gasteiger partial charge in [0, 0.05) is 23.6 Å². The average Bonchev–Trinajstić information content (AvgIpc) is 3.14. The Bertz CT molecular complexity index is 991. The van der Waals surface area contributed by atoms with Crippen LogP contribution in [0.4, 0.5) is 0 Å². The van der Waals surface area contributed by atoms with E-state index in [0.29, 0.717) is 6.61 Å². The number of nitrogens with one attached hydrogen (secondary N) is 2. The SMILES string of the molecule is c1ccc(COc2cccc(CNCCc3c[nH]c4ccccc34)c2)cc1. The van der Waals surface area contributed by atoms with Crippen LogP contribution in [0, 0.1) is 0 Å². The van der Waals surface area contributed by atoms with Gasteiger partial charge in [-0.3, -0.25) is 0 Å². The Balaban J connectivity index is 1.27. The number of aromatic amines is 1. The minimum atomic E-state index is 0.596. The van der Waals surface area contributed by atoms with Crippen LogP contribution >= 0.6 is 0 Å². The fourth-order valence-corrected chi connectivity index (χ4v) is 3.28. The molecule has 0 saturated carbocycles. The number of para-hydroxylation sites is 1. The molecule has 2 N–H and O–H groups in total. The molecule has 136 valence electrons. The van der Waals surface area contributed by atoms with Gasteiger partial charge in [-0.15, -0.1) is 0 Å². The van der Waals surface area contributed by atoms with Crippen molar-refractivity contribution in [3.8, 4) is 5.75 Å². The number of hydrogen-bond acceptors (Lipinski definition) is 2. The molecule has 0 atom stereocenters. The molecule has 0 bridgehead atoms. The number of hydrogen-bond donors (Lipinski definition) is 2. The third kappa shape index (κ3) is 4.57. The normalized spacial score (nSPS) is 11.0. The summed E-state index contributed by atoms with van der Waals surface area (Å²) in [5, 5.41) is 4.85. The predicted molar refractivity (Wildman–Crippen MR) is 111 cm³/mol. The summed E-state index contributed by atoms with van der Waals surface area (Å²) in [6.45, 7) is 2.38. The van der Waals surface area contributed by atoms with Gasteiger partial charge in [-0.25, -0.2) is 0 Å². The van der Waals surface area contributed by atoms with Crippen LogP contribution in [0.1, 0.15) is 16.7 Å². The van der Waals surface area contributed by atoms with Crippen molar-refractivity contribution in [3.63, 3.8) is 0 Å². The third-order valence-corrected chi connectivity index (χ3v) is 4.72. The quantitative estimate of drug-likeness (QED) is 0.432. The Kier molecular flexibility index (Phi) is 5.51. The molecule has 0 spiro atoms. The molecule has 0 aliphatic heterocycles. The summed E-state index contributed by atoms with van der Waals surface area (Å²) in [6, 6.07) is 27.0. The summed E-state index contributed by atoms with van der Waals surface area (Å²) >= 11 is 0. The maximum Gasteiger partial charge on any atom is 0.120 e. The number of benzene rings is 3. The minimum Gasteiger partial charge on any atom is -0.489 e. The van der Waals surface area contributed by atoms with Crippen molar-refractivity contribution in [1.82, 2.24) is 10.3 Å². The fraction of sp³-hybridized carbons (Fsp3) is 0.167. The standard InChI is InChI=1S/C24H24N2O/c1-2-7-19(8-3-1)18-27-22-10-6-9-20(15-22)16-25-14-13-21-17-26-24-12-5-4-11-23(21)24/h1-12,15,17,25-26H,13-14,16,18H2. The van der Waals surface area contributed by atoms with Gasteiger partial charge in [-0.2, -0.15) is 0 Å². The maximum atomic E-state index is 5.91. The molecular formula is C24H24N2O. The molecule has 27 heavy (non-hydrogen) atoms. The average molecular weight is 356 g/mol. The van der Waals surface area contributed by atoms with E-state index in [0.717, 1.165) is 25.3 Å². The van der Waals surface area contributed by atoms with Gasteiger partial charge in [0.05, 0.1) is 0 Å². The first-order valence-electron chi connectivity index (χ1n) is 9.40. The first-order valence-corrected chi connectivity index (χ1v) is 9.40. The summed E-state index contributed by atoms with van der Waals surface area (Å²) in [6.07, 6.45) is 3.12. The Hall–Kier alpha value is -3.04. The molecule has 1 heterocycles. The smallest absolute Gasteiger partial charge is 0.120 e. The van der Waals surface area contributed by atoms with E-state index < -0.39 is 0 Å². The van der Waals surface area contributed by atoms with Crippen LogP contribution in [0.2, 0.25) is 0 Å². The van der Waals surface area contributed by atoms with E-state index in [1.807, 2.05) is 24.3 Å². The van der Waals surface area contributed by atoms with Gasteiger partial charge in [0.25, 0.3) is 0 Å². The molecular weight excluding hydrogens is 332 g/mol. The molecule has 1 aromatic heterocycles. The summed E-state index contributed by atoms with van der Waals surface area (Å²) in [4.78, 5) is 3.34. The van der Waals surface area contributed by atoms with Crippen molar-refractivity contribution >= 4 is 10.9 Å². The molecule has 3 nitrogen and oxygen atoms in total. The van der Waals surface area contributed by atoms with E-state index in [4.69, 9.17) is 4.74 Å². The fourth-order valence-electron chi connectivity index (χ4n) is 3.28. The number of H-pyrrole nitrogens is 1. The molecule has 4 aromatic rings. The lowest BCUT2D eigenvalue weighted by molar-refractivity contribution is 0.306. The molecule has 0 aliphatic rings. The zero-order valence-electron chi connectivity index (χ0n) is 15.3. The Morgan fingerprint density at radius 2 is 1.63 bits per heavy atom. The number of aromatic nitrogens is 1. The topological polar surface area (TPSA) is 37.0 Å². The van der Waals surface area contributed by atoms with Crippen LogP contribution in [0.15, 0.2) is 85.1 Å². The lowest BCUT2D eigenvalue weighted by atomic mass is 10.1. The summed E-state index contributed by atoms with van der Waals surface area (Å²) < 4.78 is 5.91. The van der Waals surface area contributed by atoms with Gasteiger partial charge in [0.15, 0.2) is 0 Å². The van der Waals surface area contributed by atoms with E-state index in [9.17, 15) is 0 Å². The van der Waals surface area contributed by atoms with Gasteiger partial charge in [-0.05, 0) is 47.9 Å². The number of fused-ring (bicyclic) bond motifs is 1. The first-order chi connectivity index (χ1) is 13.4. The summed E-state index contributed by atoms with van der Waals surface area (Å²) in [5.41, 5.74) is 4.98. The van der Waals surface area contributed by atoms with E-state index >= 15 is 0 Å². The van der Waals surface area contributed by atoms with Crippen LogP contribution in [0.5, 0.6) is 5.75 Å². The highest BCUT2D eigenvalue weighted by Gasteiger charge is 2.03. The second-order valence-electron chi connectivity index (χ2n) is 6.71. The molecule has 0 amide bonds. The van der Waals surface area contributed by atoms with E-state index in [1.54, 1.807) is 0 Å². The maximum absolute atomic E-state index is 5.91. The monoisotopic (exact) mass is 356 g/mol. The lowest BCUT2D eigenvalue weighted by Gasteiger charge is -2.09. The van der Waals surface area contributed by atoms with Gasteiger partial charge in [-0.1, -0.05) is 60.7 Å². The summed E-state index contributed by atoms with van der Waals surface area (Å²) in [7, 11) is 0. The van der Waals surface area contributed by atoms with Crippen LogP contribution in [0.3, 0.4) is 0 Å². The zero-order chi connectivity index (χ0) is 18.3. The largest absolute Gasteiger partial charge is 0.489 e. The third-order valence-electron chi connectivity index (χ3n) is 4.72. The molecule has 0 fully saturated rings. The van der Waals surface area contributed by atoms with Gasteiger partial charge >= 0.3 is 0 Å². The molecule has 0 radical (unpaired) electrons. The highest BCUT2D eigenvalue weighted by Crippen LogP contribution is 2.18. The van der Waals surface area contributed by atoms with Crippen molar-refractivity contribution in [1.29, 1.82) is 0 Å². The van der Waals surface area contributed by atoms with Gasteiger partial charge in [0.1, 0.15) is 12.4 Å². The highest BCUT2D eigenvalue weighted by molar-refractivity contribution is 5.83. The van der Waals surface area contributed by atoms with Crippen LogP contribution in [-0.4, -0.2) is 11.5 Å². The summed E-state index contributed by atoms with van der Waals surface area (Å²) in [5.74, 6) is 0.912. The predicted octanol–water partition coefficient (Wildman–Crippen LogP) is 5.08. The van der Waals surface area contributed by atoms with Crippen LogP contribution < -0.4 is 10.1 Å². The van der Waals surface area contributed by atoms with Gasteiger partial charge < -0.3 is 15.0 Å². The van der Waals surface area contributed by atoms with Crippen molar-refractivity contribution in [2.75, 3.05) is 6.54 Å². The van der Waals surface area contributed by atoms with Crippen LogP contribution in [0.25, 0.3) is 10.9 Å². The second kappa shape index (κ2) is 8.56. The Morgan fingerprint density at radius 3 is 2.56 bits per heavy atom. The first kappa shape index (κ1) is 17.4. The van der Waals surface area contributed by atoms with Gasteiger partial charge in [0.2, 0.25) is 0 Å². The van der Waals surface area contributed by atoms with Crippen LogP contribution in [-0.2, 0) is 19.6 Å². The van der Waals surface area contributed by atoms with Crippen molar-refractivity contribution in [3.05, 3.63) is 102 Å².